The minimum absolute atomic E-state index is 0.118. The van der Waals surface area contributed by atoms with E-state index in [0.717, 1.165) is 16.7 Å². The molecule has 2 aliphatic rings. The number of anilines is 1. The number of thioether (sulfide) groups is 1. The summed E-state index contributed by atoms with van der Waals surface area (Å²) < 4.78 is 5.71. The Hall–Kier alpha value is -2.55. The predicted molar refractivity (Wildman–Crippen MR) is 101 cm³/mol. The monoisotopic (exact) mass is 391 g/mol. The molecule has 2 aliphatic heterocycles. The van der Waals surface area contributed by atoms with Gasteiger partial charge in [0, 0.05) is 26.1 Å². The maximum absolute atomic E-state index is 12.6. The molecule has 9 heteroatoms. The molecule has 1 fully saturated rings. The van der Waals surface area contributed by atoms with Gasteiger partial charge >= 0.3 is 0 Å². The number of fused-ring (bicyclic) bond motifs is 1. The summed E-state index contributed by atoms with van der Waals surface area (Å²) in [5, 5.41) is 2.41. The zero-order valence-corrected chi connectivity index (χ0v) is 15.8. The van der Waals surface area contributed by atoms with Crippen LogP contribution in [0, 0.1) is 0 Å². The second-order valence-electron chi connectivity index (χ2n) is 6.17. The van der Waals surface area contributed by atoms with Crippen molar-refractivity contribution in [1.29, 1.82) is 0 Å². The molecule has 0 spiro atoms. The fraction of sp³-hybridized carbons (Fsp3) is 0.444. The third-order valence-electron chi connectivity index (χ3n) is 4.40. The van der Waals surface area contributed by atoms with Crippen LogP contribution < -0.4 is 15.0 Å². The molecule has 0 aromatic heterocycles. The van der Waals surface area contributed by atoms with Gasteiger partial charge in [0.25, 0.3) is 11.1 Å². The third-order valence-corrected chi connectivity index (χ3v) is 5.26. The standard InChI is InChI=1S/C18H21N3O5S/c1-2-13-17(24)20(12-5-3-4-6-14(12)26-13)9-7-15(22)19-8-10-21-16(23)11-27-18(21)25/h3-6,13H,2,7-11H2,1H3,(H,19,22). The summed E-state index contributed by atoms with van der Waals surface area (Å²) in [6, 6.07) is 7.25. The normalized spacial score (nSPS) is 19.1. The van der Waals surface area contributed by atoms with Crippen LogP contribution in [0.2, 0.25) is 0 Å². The largest absolute Gasteiger partial charge is 0.478 e. The van der Waals surface area contributed by atoms with Crippen LogP contribution in [0.3, 0.4) is 0 Å². The number of ether oxygens (including phenoxy) is 1. The molecule has 4 amide bonds. The number of imide groups is 1. The first-order valence-electron chi connectivity index (χ1n) is 8.82. The minimum atomic E-state index is -0.548. The number of benzene rings is 1. The van der Waals surface area contributed by atoms with Crippen LogP contribution in [0.1, 0.15) is 19.8 Å². The highest BCUT2D eigenvalue weighted by Crippen LogP contribution is 2.34. The van der Waals surface area contributed by atoms with Crippen molar-refractivity contribution in [3.63, 3.8) is 0 Å². The molecule has 0 radical (unpaired) electrons. The fourth-order valence-corrected chi connectivity index (χ4v) is 3.72. The highest BCUT2D eigenvalue weighted by molar-refractivity contribution is 8.14. The summed E-state index contributed by atoms with van der Waals surface area (Å²) in [7, 11) is 0. The number of carbonyl (C=O) groups excluding carboxylic acids is 4. The molecule has 1 N–H and O–H groups in total. The Bertz CT molecular complexity index is 753. The Morgan fingerprint density at radius 1 is 1.22 bits per heavy atom. The van der Waals surface area contributed by atoms with Crippen LogP contribution in [-0.4, -0.2) is 59.4 Å². The zero-order chi connectivity index (χ0) is 19.4. The first kappa shape index (κ1) is 19.2. The quantitative estimate of drug-likeness (QED) is 0.755. The molecular formula is C18H21N3O5S. The average Bonchev–Trinajstić information content (AvgIpc) is 2.99. The number of amides is 4. The average molecular weight is 391 g/mol. The summed E-state index contributed by atoms with van der Waals surface area (Å²) in [4.78, 5) is 50.4. The molecule has 2 heterocycles. The van der Waals surface area contributed by atoms with E-state index in [4.69, 9.17) is 4.74 Å². The van der Waals surface area contributed by atoms with Gasteiger partial charge in [0.1, 0.15) is 5.75 Å². The number of carbonyl (C=O) groups is 4. The van der Waals surface area contributed by atoms with Gasteiger partial charge in [0.15, 0.2) is 6.10 Å². The van der Waals surface area contributed by atoms with Gasteiger partial charge in [-0.15, -0.1) is 0 Å². The lowest BCUT2D eigenvalue weighted by molar-refractivity contribution is -0.127. The molecule has 0 aliphatic carbocycles. The number of hydrogen-bond donors (Lipinski definition) is 1. The van der Waals surface area contributed by atoms with Gasteiger partial charge in [-0.2, -0.15) is 0 Å². The van der Waals surface area contributed by atoms with Crippen molar-refractivity contribution < 1.29 is 23.9 Å². The van der Waals surface area contributed by atoms with E-state index in [9.17, 15) is 19.2 Å². The van der Waals surface area contributed by atoms with Crippen molar-refractivity contribution in [2.45, 2.75) is 25.9 Å². The maximum Gasteiger partial charge on any atom is 0.288 e. The molecule has 1 unspecified atom stereocenters. The second-order valence-corrected chi connectivity index (χ2v) is 7.10. The molecule has 0 saturated carbocycles. The Morgan fingerprint density at radius 2 is 2.00 bits per heavy atom. The van der Waals surface area contributed by atoms with E-state index in [1.165, 1.54) is 0 Å². The SMILES string of the molecule is CCC1Oc2ccccc2N(CCC(=O)NCCN2C(=O)CSC2=O)C1=O. The van der Waals surface area contributed by atoms with E-state index in [2.05, 4.69) is 5.32 Å². The van der Waals surface area contributed by atoms with Crippen molar-refractivity contribution >= 4 is 40.4 Å². The molecule has 3 rings (SSSR count). The summed E-state index contributed by atoms with van der Waals surface area (Å²) in [5.41, 5.74) is 0.658. The Kier molecular flexibility index (Phi) is 6.00. The van der Waals surface area contributed by atoms with E-state index >= 15 is 0 Å². The highest BCUT2D eigenvalue weighted by Gasteiger charge is 2.33. The van der Waals surface area contributed by atoms with E-state index in [-0.39, 0.29) is 54.8 Å². The number of para-hydroxylation sites is 2. The maximum atomic E-state index is 12.6. The van der Waals surface area contributed by atoms with Gasteiger partial charge in [-0.05, 0) is 18.6 Å². The first-order chi connectivity index (χ1) is 13.0. The summed E-state index contributed by atoms with van der Waals surface area (Å²) in [5.74, 6) is 0.151. The van der Waals surface area contributed by atoms with Gasteiger partial charge in [-0.1, -0.05) is 30.8 Å². The van der Waals surface area contributed by atoms with Gasteiger partial charge in [0.2, 0.25) is 11.8 Å². The van der Waals surface area contributed by atoms with Crippen molar-refractivity contribution in [3.05, 3.63) is 24.3 Å². The topological polar surface area (TPSA) is 96.0 Å². The molecule has 1 saturated heterocycles. The van der Waals surface area contributed by atoms with Crippen LogP contribution in [0.15, 0.2) is 24.3 Å². The van der Waals surface area contributed by atoms with E-state index < -0.39 is 6.10 Å². The van der Waals surface area contributed by atoms with Gasteiger partial charge in [-0.25, -0.2) is 0 Å². The molecule has 1 aromatic rings. The van der Waals surface area contributed by atoms with E-state index in [0.29, 0.717) is 17.9 Å². The molecular weight excluding hydrogens is 370 g/mol. The van der Waals surface area contributed by atoms with Gasteiger partial charge in [-0.3, -0.25) is 24.1 Å². The number of nitrogens with one attached hydrogen (secondary N) is 1. The molecule has 27 heavy (non-hydrogen) atoms. The summed E-state index contributed by atoms with van der Waals surface area (Å²) in [6.45, 7) is 2.47. The molecule has 0 bridgehead atoms. The first-order valence-corrected chi connectivity index (χ1v) is 9.80. The second kappa shape index (κ2) is 8.43. The molecule has 8 nitrogen and oxygen atoms in total. The lowest BCUT2D eigenvalue weighted by Gasteiger charge is -2.33. The smallest absolute Gasteiger partial charge is 0.288 e. The van der Waals surface area contributed by atoms with Gasteiger partial charge in [0.05, 0.1) is 11.4 Å². The Labute approximate surface area is 161 Å². The lowest BCUT2D eigenvalue weighted by Crippen LogP contribution is -2.47. The van der Waals surface area contributed by atoms with Crippen LogP contribution in [0.4, 0.5) is 10.5 Å². The van der Waals surface area contributed by atoms with E-state index in [1.807, 2.05) is 19.1 Å². The number of rotatable bonds is 7. The lowest BCUT2D eigenvalue weighted by atomic mass is 10.1. The van der Waals surface area contributed by atoms with Crippen molar-refractivity contribution in [2.75, 3.05) is 30.3 Å². The summed E-state index contributed by atoms with van der Waals surface area (Å²) in [6.07, 6.45) is 0.117. The highest BCUT2D eigenvalue weighted by atomic mass is 32.2. The van der Waals surface area contributed by atoms with Crippen molar-refractivity contribution in [3.8, 4) is 5.75 Å². The Morgan fingerprint density at radius 3 is 2.70 bits per heavy atom. The van der Waals surface area contributed by atoms with E-state index in [1.54, 1.807) is 17.0 Å². The Balaban J connectivity index is 1.52. The van der Waals surface area contributed by atoms with Crippen LogP contribution in [0.5, 0.6) is 5.75 Å². The molecule has 144 valence electrons. The van der Waals surface area contributed by atoms with Gasteiger partial charge < -0.3 is 15.0 Å². The van der Waals surface area contributed by atoms with Crippen LogP contribution in [0.25, 0.3) is 0 Å². The number of nitrogens with zero attached hydrogens (tertiary/aromatic N) is 2. The summed E-state index contributed by atoms with van der Waals surface area (Å²) >= 11 is 0.966. The molecule has 1 atom stereocenters. The zero-order valence-electron chi connectivity index (χ0n) is 15.0. The van der Waals surface area contributed by atoms with Crippen molar-refractivity contribution in [1.82, 2.24) is 10.2 Å². The fourth-order valence-electron chi connectivity index (χ4n) is 2.97. The third kappa shape index (κ3) is 4.24. The van der Waals surface area contributed by atoms with Crippen LogP contribution in [-0.2, 0) is 14.4 Å². The predicted octanol–water partition coefficient (Wildman–Crippen LogP) is 1.39. The molecule has 1 aromatic carbocycles. The number of hydrogen-bond acceptors (Lipinski definition) is 6. The van der Waals surface area contributed by atoms with Crippen LogP contribution >= 0.6 is 11.8 Å². The minimum Gasteiger partial charge on any atom is -0.478 e. The van der Waals surface area contributed by atoms with Crippen molar-refractivity contribution in [2.24, 2.45) is 0 Å².